The molecule has 2 heterocycles. The molecule has 0 spiro atoms. The summed E-state index contributed by atoms with van der Waals surface area (Å²) in [6, 6.07) is 32.9. The van der Waals surface area contributed by atoms with Crippen LogP contribution in [0, 0.1) is 40.5 Å². The SMILES string of the molecule is COc1cc(-c2ccc(-[n+]3nc(-c4ccc([N+](=O)[O-])cc4)nn3-c3ccc([N+](=O)[O-])cc3)c(CO)c2)ccc1-[n+]1nc(-c2ccc([N+](=O)[O-])cc2)nn1-c1ccc([N+](=O)[O-])cc1. The molecule has 2 aromatic heterocycles. The van der Waals surface area contributed by atoms with E-state index < -0.39 is 26.3 Å². The molecule has 0 unspecified atom stereocenters. The third-order valence-corrected chi connectivity index (χ3v) is 9.57. The van der Waals surface area contributed by atoms with Crippen molar-refractivity contribution in [1.29, 1.82) is 0 Å². The topological polar surface area (TPSA) is 271 Å². The van der Waals surface area contributed by atoms with Gasteiger partial charge in [0.1, 0.15) is 11.4 Å². The molecule has 6 aromatic carbocycles. The van der Waals surface area contributed by atoms with Crippen molar-refractivity contribution in [2.75, 3.05) is 7.11 Å². The van der Waals surface area contributed by atoms with Gasteiger partial charge in [-0.1, -0.05) is 0 Å². The number of aromatic nitrogens is 8. The van der Waals surface area contributed by atoms with Gasteiger partial charge in [-0.05, 0) is 116 Å². The number of hydrogen-bond donors (Lipinski definition) is 1. The fourth-order valence-corrected chi connectivity index (χ4v) is 6.43. The van der Waals surface area contributed by atoms with E-state index in [0.717, 1.165) is 0 Å². The van der Waals surface area contributed by atoms with Gasteiger partial charge in [0.15, 0.2) is 11.4 Å². The maximum atomic E-state index is 11.4. The molecule has 0 saturated carbocycles. The molecule has 8 rings (SSSR count). The zero-order valence-corrected chi connectivity index (χ0v) is 31.9. The Morgan fingerprint density at radius 2 is 0.871 bits per heavy atom. The molecule has 8 aromatic rings. The predicted molar refractivity (Wildman–Crippen MR) is 215 cm³/mol. The van der Waals surface area contributed by atoms with Crippen molar-refractivity contribution in [2.24, 2.45) is 0 Å². The molecular weight excluding hydrogens is 809 g/mol. The van der Waals surface area contributed by atoms with Gasteiger partial charge in [0.2, 0.25) is 5.69 Å². The van der Waals surface area contributed by atoms with Crippen LogP contribution in [0.2, 0.25) is 0 Å². The highest BCUT2D eigenvalue weighted by Gasteiger charge is 2.29. The molecular formula is C40H28N12O10+2. The summed E-state index contributed by atoms with van der Waals surface area (Å²) in [6.07, 6.45) is 0. The first kappa shape index (κ1) is 39.6. The van der Waals surface area contributed by atoms with Crippen LogP contribution in [0.3, 0.4) is 0 Å². The average molecular weight is 837 g/mol. The Morgan fingerprint density at radius 1 is 0.516 bits per heavy atom. The lowest BCUT2D eigenvalue weighted by atomic mass is 10.0. The molecule has 0 saturated heterocycles. The third kappa shape index (κ3) is 7.60. The van der Waals surface area contributed by atoms with Gasteiger partial charge in [-0.15, -0.1) is 0 Å². The normalized spacial score (nSPS) is 11.0. The number of nitro benzene ring substituents is 4. The van der Waals surface area contributed by atoms with Crippen molar-refractivity contribution < 1.29 is 39.1 Å². The Hall–Kier alpha value is -9.18. The highest BCUT2D eigenvalue weighted by molar-refractivity contribution is 5.69. The summed E-state index contributed by atoms with van der Waals surface area (Å²) in [5, 5.41) is 74.7. The molecule has 0 atom stereocenters. The second kappa shape index (κ2) is 16.2. The number of nitrogens with zero attached hydrogens (tertiary/aromatic N) is 12. The van der Waals surface area contributed by atoms with Crippen molar-refractivity contribution in [3.05, 3.63) is 179 Å². The van der Waals surface area contributed by atoms with Crippen LogP contribution in [0.1, 0.15) is 5.56 Å². The minimum Gasteiger partial charge on any atom is -0.492 e. The van der Waals surface area contributed by atoms with E-state index in [4.69, 9.17) is 9.84 Å². The maximum absolute atomic E-state index is 11.4. The summed E-state index contributed by atoms with van der Waals surface area (Å²) in [5.41, 5.74) is 3.66. The number of non-ortho nitro benzene ring substituents is 4. The van der Waals surface area contributed by atoms with Crippen LogP contribution in [0.4, 0.5) is 22.7 Å². The zero-order valence-electron chi connectivity index (χ0n) is 31.9. The first-order valence-electron chi connectivity index (χ1n) is 18.1. The Morgan fingerprint density at radius 3 is 1.26 bits per heavy atom. The number of ether oxygens (including phenoxy) is 1. The molecule has 0 radical (unpaired) electrons. The lowest BCUT2D eigenvalue weighted by Gasteiger charge is -2.10. The number of aliphatic hydroxyl groups excluding tert-OH is 1. The second-order valence-corrected chi connectivity index (χ2v) is 13.2. The van der Waals surface area contributed by atoms with Crippen LogP contribution in [0.25, 0.3) is 56.7 Å². The number of methoxy groups -OCH3 is 1. The fraction of sp³-hybridized carbons (Fsp3) is 0.0500. The van der Waals surface area contributed by atoms with Crippen molar-refractivity contribution in [2.45, 2.75) is 6.61 Å². The van der Waals surface area contributed by atoms with E-state index in [1.165, 1.54) is 123 Å². The van der Waals surface area contributed by atoms with Crippen LogP contribution in [-0.4, -0.2) is 61.9 Å². The van der Waals surface area contributed by atoms with Gasteiger partial charge in [-0.2, -0.15) is 0 Å². The van der Waals surface area contributed by atoms with Crippen LogP contribution < -0.4 is 14.3 Å². The Bertz CT molecular complexity index is 2840. The first-order valence-corrected chi connectivity index (χ1v) is 18.1. The quantitative estimate of drug-likeness (QED) is 0.0849. The number of aliphatic hydroxyl groups is 1. The molecule has 1 N–H and O–H groups in total. The molecule has 22 heteroatoms. The van der Waals surface area contributed by atoms with Crippen molar-refractivity contribution in [3.63, 3.8) is 0 Å². The van der Waals surface area contributed by atoms with E-state index >= 15 is 0 Å². The van der Waals surface area contributed by atoms with Gasteiger partial charge in [0.25, 0.3) is 22.7 Å². The largest absolute Gasteiger partial charge is 0.492 e. The number of nitro groups is 4. The van der Waals surface area contributed by atoms with Gasteiger partial charge < -0.3 is 9.84 Å². The molecule has 0 fully saturated rings. The van der Waals surface area contributed by atoms with Gasteiger partial charge >= 0.3 is 11.6 Å². The minimum absolute atomic E-state index is 0.122. The van der Waals surface area contributed by atoms with E-state index in [1.807, 2.05) is 0 Å². The van der Waals surface area contributed by atoms with Crippen molar-refractivity contribution in [3.8, 4) is 62.4 Å². The molecule has 0 amide bonds. The smallest absolute Gasteiger partial charge is 0.340 e. The fourth-order valence-electron chi connectivity index (χ4n) is 6.43. The van der Waals surface area contributed by atoms with Gasteiger partial charge in [0, 0.05) is 63.7 Å². The van der Waals surface area contributed by atoms with Crippen LogP contribution in [0.15, 0.2) is 133 Å². The van der Waals surface area contributed by atoms with Crippen LogP contribution >= 0.6 is 0 Å². The van der Waals surface area contributed by atoms with Gasteiger partial charge in [-0.3, -0.25) is 40.5 Å². The summed E-state index contributed by atoms with van der Waals surface area (Å²) < 4.78 is 5.84. The molecule has 0 aliphatic carbocycles. The molecule has 0 aliphatic rings. The highest BCUT2D eigenvalue weighted by Crippen LogP contribution is 2.31. The van der Waals surface area contributed by atoms with E-state index in [-0.39, 0.29) is 34.4 Å². The van der Waals surface area contributed by atoms with Crippen LogP contribution in [-0.2, 0) is 6.61 Å². The number of rotatable bonds is 13. The molecule has 0 bridgehead atoms. The molecule has 306 valence electrons. The number of tetrazole rings is 2. The molecule has 62 heavy (non-hydrogen) atoms. The summed E-state index contributed by atoms with van der Waals surface area (Å²) in [6.45, 7) is -0.453. The van der Waals surface area contributed by atoms with Gasteiger partial charge in [0.05, 0.1) is 54.7 Å². The lowest BCUT2D eigenvalue weighted by molar-refractivity contribution is -0.735. The Kier molecular flexibility index (Phi) is 10.4. The first-order chi connectivity index (χ1) is 29.9. The monoisotopic (exact) mass is 836 g/mol. The molecule has 0 aliphatic heterocycles. The summed E-state index contributed by atoms with van der Waals surface area (Å²) in [7, 11) is 1.46. The van der Waals surface area contributed by atoms with Crippen LogP contribution in [0.5, 0.6) is 5.75 Å². The average Bonchev–Trinajstić information content (AvgIpc) is 3.95. The zero-order chi connectivity index (χ0) is 43.7. The Balaban J connectivity index is 1.20. The number of hydrogen-bond acceptors (Lipinski definition) is 14. The standard InChI is InChI=1S/C40H28N12O10/c1-62-38-23-28(7-21-37(38)48-44-40(26-4-10-33(11-5-26)50(56)57)42-46(48)31-14-18-35(19-15-31)52(60)61)27-6-20-36(29(22-27)24-53)47-43-39(25-2-8-32(9-3-25)49(54)55)41-45(47)30-12-16-34(17-13-30)51(58)59/h2-23,53H,24H2,1H3/q+2. The van der Waals surface area contributed by atoms with Gasteiger partial charge in [-0.25, -0.2) is 0 Å². The van der Waals surface area contributed by atoms with E-state index in [2.05, 4.69) is 15.3 Å². The summed E-state index contributed by atoms with van der Waals surface area (Å²) in [5.74, 6) is 0.679. The summed E-state index contributed by atoms with van der Waals surface area (Å²) >= 11 is 0. The number of benzene rings is 6. The van der Waals surface area contributed by atoms with Crippen molar-refractivity contribution >= 4 is 22.7 Å². The Labute approximate surface area is 346 Å². The minimum atomic E-state index is -0.534. The predicted octanol–water partition coefficient (Wildman–Crippen LogP) is 5.54. The van der Waals surface area contributed by atoms with E-state index in [0.29, 0.717) is 56.3 Å². The second-order valence-electron chi connectivity index (χ2n) is 13.2. The summed E-state index contributed by atoms with van der Waals surface area (Å²) in [4.78, 5) is 48.9. The third-order valence-electron chi connectivity index (χ3n) is 9.57. The highest BCUT2D eigenvalue weighted by atomic mass is 16.6. The molecule has 22 nitrogen and oxygen atoms in total. The van der Waals surface area contributed by atoms with E-state index in [1.54, 1.807) is 36.4 Å². The van der Waals surface area contributed by atoms with E-state index in [9.17, 15) is 45.6 Å². The lowest BCUT2D eigenvalue weighted by Crippen LogP contribution is -2.44. The maximum Gasteiger partial charge on any atom is 0.340 e. The van der Waals surface area contributed by atoms with Crippen molar-refractivity contribution in [1.82, 2.24) is 30.0 Å².